The first-order chi connectivity index (χ1) is 4.91. The van der Waals surface area contributed by atoms with E-state index in [1.54, 1.807) is 6.92 Å². The lowest BCUT2D eigenvalue weighted by atomic mass is 10.1. The molecule has 0 radical (unpaired) electrons. The van der Waals surface area contributed by atoms with E-state index in [0.717, 1.165) is 0 Å². The Kier molecular flexibility index (Phi) is 1.62. The van der Waals surface area contributed by atoms with Crippen molar-refractivity contribution in [3.05, 3.63) is 16.4 Å². The smallest absolute Gasteiger partial charge is 0.393 e. The van der Waals surface area contributed by atoms with Crippen LogP contribution in [0.1, 0.15) is 26.7 Å². The Morgan fingerprint density at radius 2 is 2.00 bits per heavy atom. The third-order valence-corrected chi connectivity index (χ3v) is 1.28. The van der Waals surface area contributed by atoms with Crippen molar-refractivity contribution in [1.82, 2.24) is 9.78 Å². The van der Waals surface area contributed by atoms with Gasteiger partial charge in [0.15, 0.2) is 0 Å². The van der Waals surface area contributed by atoms with Crippen LogP contribution in [0.3, 0.4) is 0 Å². The third kappa shape index (κ3) is 1.50. The highest BCUT2D eigenvalue weighted by Gasteiger charge is 2.18. The van der Waals surface area contributed by atoms with Gasteiger partial charge < -0.3 is 4.42 Å². The van der Waals surface area contributed by atoms with Gasteiger partial charge in [0.05, 0.1) is 5.54 Å². The second-order valence-electron chi connectivity index (χ2n) is 3.47. The van der Waals surface area contributed by atoms with Crippen molar-refractivity contribution in [2.45, 2.75) is 33.2 Å². The largest absolute Gasteiger partial charge is 0.437 e. The van der Waals surface area contributed by atoms with Crippen molar-refractivity contribution in [3.63, 3.8) is 0 Å². The number of nitrogens with zero attached hydrogens (tertiary/aromatic N) is 2. The standard InChI is InChI=1S/C7H12N2O2/c1-5-8-9(6(10)11-5)7(2,3)4/h1-4H3. The summed E-state index contributed by atoms with van der Waals surface area (Å²) in [5.74, 6) is 0.0138. The molecule has 1 aromatic heterocycles. The molecule has 0 unspecified atom stereocenters. The Labute approximate surface area is 64.8 Å². The minimum atomic E-state index is -0.394. The van der Waals surface area contributed by atoms with Gasteiger partial charge in [-0.3, -0.25) is 0 Å². The van der Waals surface area contributed by atoms with Gasteiger partial charge in [0.2, 0.25) is 5.89 Å². The van der Waals surface area contributed by atoms with E-state index in [-0.39, 0.29) is 5.54 Å². The molecular formula is C7H12N2O2. The van der Waals surface area contributed by atoms with Crippen LogP contribution in [-0.2, 0) is 5.54 Å². The molecule has 0 aromatic carbocycles. The lowest BCUT2D eigenvalue weighted by molar-refractivity contribution is 0.325. The Morgan fingerprint density at radius 1 is 1.45 bits per heavy atom. The number of rotatable bonds is 0. The highest BCUT2D eigenvalue weighted by atomic mass is 16.4. The minimum Gasteiger partial charge on any atom is -0.393 e. The molecule has 11 heavy (non-hydrogen) atoms. The maximum Gasteiger partial charge on any atom is 0.437 e. The molecule has 0 N–H and O–H groups in total. The van der Waals surface area contributed by atoms with Crippen molar-refractivity contribution in [2.24, 2.45) is 0 Å². The minimum absolute atomic E-state index is 0.297. The van der Waals surface area contributed by atoms with Crippen LogP contribution in [0.25, 0.3) is 0 Å². The van der Waals surface area contributed by atoms with Gasteiger partial charge in [-0.15, -0.1) is 5.10 Å². The van der Waals surface area contributed by atoms with Gasteiger partial charge in [-0.05, 0) is 20.8 Å². The zero-order chi connectivity index (χ0) is 8.65. The summed E-state index contributed by atoms with van der Waals surface area (Å²) in [4.78, 5) is 11.0. The first-order valence-electron chi connectivity index (χ1n) is 3.48. The lowest BCUT2D eigenvalue weighted by Crippen LogP contribution is -2.32. The molecule has 0 saturated heterocycles. The van der Waals surface area contributed by atoms with Gasteiger partial charge in [-0.25, -0.2) is 4.79 Å². The molecule has 4 heteroatoms. The normalized spacial score (nSPS) is 12.0. The Bertz CT molecular complexity index is 303. The molecule has 0 atom stereocenters. The Hall–Kier alpha value is -1.06. The molecule has 0 aliphatic heterocycles. The van der Waals surface area contributed by atoms with Crippen LogP contribution in [0, 0.1) is 6.92 Å². The van der Waals surface area contributed by atoms with E-state index in [1.165, 1.54) is 4.68 Å². The lowest BCUT2D eigenvalue weighted by Gasteiger charge is -2.15. The summed E-state index contributed by atoms with van der Waals surface area (Å²) in [5, 5.41) is 3.92. The second kappa shape index (κ2) is 2.22. The molecule has 62 valence electrons. The Morgan fingerprint density at radius 3 is 2.18 bits per heavy atom. The van der Waals surface area contributed by atoms with E-state index in [2.05, 4.69) is 5.10 Å². The zero-order valence-corrected chi connectivity index (χ0v) is 7.21. The van der Waals surface area contributed by atoms with Gasteiger partial charge in [0, 0.05) is 6.92 Å². The summed E-state index contributed by atoms with van der Waals surface area (Å²) < 4.78 is 6.07. The topological polar surface area (TPSA) is 48.0 Å². The highest BCUT2D eigenvalue weighted by molar-refractivity contribution is 4.75. The number of hydrogen-bond acceptors (Lipinski definition) is 3. The van der Waals surface area contributed by atoms with Crippen LogP contribution in [0.15, 0.2) is 9.21 Å². The predicted molar refractivity (Wildman–Crippen MR) is 40.5 cm³/mol. The van der Waals surface area contributed by atoms with Crippen LogP contribution >= 0.6 is 0 Å². The number of aromatic nitrogens is 2. The van der Waals surface area contributed by atoms with E-state index >= 15 is 0 Å². The van der Waals surface area contributed by atoms with Crippen molar-refractivity contribution in [3.8, 4) is 0 Å². The van der Waals surface area contributed by atoms with Crippen LogP contribution < -0.4 is 5.76 Å². The molecule has 0 aliphatic rings. The van der Waals surface area contributed by atoms with Gasteiger partial charge in [0.25, 0.3) is 0 Å². The quantitative estimate of drug-likeness (QED) is 0.560. The van der Waals surface area contributed by atoms with E-state index in [0.29, 0.717) is 5.89 Å². The van der Waals surface area contributed by atoms with E-state index in [1.807, 2.05) is 20.8 Å². The summed E-state index contributed by atoms with van der Waals surface area (Å²) in [6.07, 6.45) is 0. The fraction of sp³-hybridized carbons (Fsp3) is 0.714. The molecule has 1 rings (SSSR count). The summed E-state index contributed by atoms with van der Waals surface area (Å²) >= 11 is 0. The predicted octanol–water partition coefficient (Wildman–Crippen LogP) is 0.900. The molecule has 0 saturated carbocycles. The molecule has 0 spiro atoms. The maximum atomic E-state index is 11.0. The molecule has 0 aliphatic carbocycles. The second-order valence-corrected chi connectivity index (χ2v) is 3.47. The Balaban J connectivity index is 3.25. The van der Waals surface area contributed by atoms with E-state index in [4.69, 9.17) is 4.42 Å². The molecular weight excluding hydrogens is 144 g/mol. The maximum absolute atomic E-state index is 11.0. The third-order valence-electron chi connectivity index (χ3n) is 1.28. The van der Waals surface area contributed by atoms with Crippen molar-refractivity contribution in [2.75, 3.05) is 0 Å². The first kappa shape index (κ1) is 8.04. The van der Waals surface area contributed by atoms with Crippen LogP contribution in [0.2, 0.25) is 0 Å². The van der Waals surface area contributed by atoms with Crippen LogP contribution in [-0.4, -0.2) is 9.78 Å². The molecule has 1 aromatic rings. The number of hydrogen-bond donors (Lipinski definition) is 0. The highest BCUT2D eigenvalue weighted by Crippen LogP contribution is 2.08. The van der Waals surface area contributed by atoms with Crippen molar-refractivity contribution >= 4 is 0 Å². The summed E-state index contributed by atoms with van der Waals surface area (Å²) in [7, 11) is 0. The van der Waals surface area contributed by atoms with Crippen molar-refractivity contribution < 1.29 is 4.42 Å². The summed E-state index contributed by atoms with van der Waals surface area (Å²) in [6.45, 7) is 7.35. The van der Waals surface area contributed by atoms with Crippen molar-refractivity contribution in [1.29, 1.82) is 0 Å². The average molecular weight is 156 g/mol. The summed E-state index contributed by atoms with van der Waals surface area (Å²) in [5.41, 5.74) is -0.297. The van der Waals surface area contributed by atoms with Gasteiger partial charge in [-0.2, -0.15) is 4.68 Å². The SMILES string of the molecule is Cc1nn(C(C)(C)C)c(=O)o1. The monoisotopic (exact) mass is 156 g/mol. The fourth-order valence-corrected chi connectivity index (χ4v) is 0.796. The van der Waals surface area contributed by atoms with E-state index < -0.39 is 5.76 Å². The average Bonchev–Trinajstić information content (AvgIpc) is 2.08. The van der Waals surface area contributed by atoms with Crippen LogP contribution in [0.5, 0.6) is 0 Å². The molecule has 1 heterocycles. The van der Waals surface area contributed by atoms with Crippen LogP contribution in [0.4, 0.5) is 0 Å². The van der Waals surface area contributed by atoms with Gasteiger partial charge in [-0.1, -0.05) is 0 Å². The fourth-order valence-electron chi connectivity index (χ4n) is 0.796. The molecule has 0 bridgehead atoms. The molecule has 4 nitrogen and oxygen atoms in total. The van der Waals surface area contributed by atoms with E-state index in [9.17, 15) is 4.79 Å². The van der Waals surface area contributed by atoms with Gasteiger partial charge >= 0.3 is 5.76 Å². The zero-order valence-electron chi connectivity index (χ0n) is 7.21. The molecule has 0 amide bonds. The first-order valence-corrected chi connectivity index (χ1v) is 3.48. The summed E-state index contributed by atoms with van der Waals surface area (Å²) in [6, 6.07) is 0. The van der Waals surface area contributed by atoms with Gasteiger partial charge in [0.1, 0.15) is 0 Å². The molecule has 0 fully saturated rings. The number of aryl methyl sites for hydroxylation is 1.